The van der Waals surface area contributed by atoms with Crippen molar-refractivity contribution in [3.05, 3.63) is 158 Å². The molecule has 0 bridgehead atoms. The Kier molecular flexibility index (Phi) is 11.1. The van der Waals surface area contributed by atoms with E-state index in [4.69, 9.17) is 9.98 Å². The van der Waals surface area contributed by atoms with Crippen molar-refractivity contribution < 1.29 is 0 Å². The van der Waals surface area contributed by atoms with Crippen LogP contribution in [-0.2, 0) is 0 Å². The monoisotopic (exact) mass is 664 g/mol. The average Bonchev–Trinajstić information content (AvgIpc) is 3.10. The topological polar surface area (TPSA) is 48.8 Å². The van der Waals surface area contributed by atoms with Gasteiger partial charge in [-0.1, -0.05) is 146 Å². The summed E-state index contributed by atoms with van der Waals surface area (Å²) in [6.07, 6.45) is 0. The van der Waals surface area contributed by atoms with Gasteiger partial charge in [-0.2, -0.15) is 0 Å². The predicted molar refractivity (Wildman–Crippen MR) is 213 cm³/mol. The Hall–Kier alpha value is -4.62. The molecule has 6 heteroatoms. The van der Waals surface area contributed by atoms with Crippen molar-refractivity contribution in [2.24, 2.45) is 9.98 Å². The van der Waals surface area contributed by atoms with Gasteiger partial charge in [-0.25, -0.2) is 9.98 Å². The van der Waals surface area contributed by atoms with Crippen molar-refractivity contribution in [3.8, 4) is 0 Å². The average molecular weight is 665 g/mol. The lowest BCUT2D eigenvalue weighted by molar-refractivity contribution is 0.740. The van der Waals surface area contributed by atoms with E-state index in [1.165, 1.54) is 21.2 Å². The first-order chi connectivity index (χ1) is 23.5. The molecular weight excluding hydrogens is 622 g/mol. The van der Waals surface area contributed by atoms with Crippen molar-refractivity contribution in [1.82, 2.24) is 10.6 Å². The minimum atomic E-state index is -0.914. The summed E-state index contributed by atoms with van der Waals surface area (Å²) >= 11 is 0. The molecule has 6 rings (SSSR count). The zero-order chi connectivity index (χ0) is 33.3. The Balaban J connectivity index is 1.51. The van der Waals surface area contributed by atoms with Gasteiger partial charge >= 0.3 is 0 Å². The number of aliphatic imine (C=N–C) groups is 2. The first-order valence-electron chi connectivity index (χ1n) is 16.5. The maximum Gasteiger partial charge on any atom is 0.134 e. The van der Waals surface area contributed by atoms with Crippen LogP contribution in [0.3, 0.4) is 0 Å². The molecule has 0 aromatic heterocycles. The number of rotatable bonds is 10. The first-order valence-corrected chi connectivity index (χ1v) is 19.2. The Morgan fingerprint density at radius 1 is 0.396 bits per heavy atom. The lowest BCUT2D eigenvalue weighted by atomic mass is 10.1. The van der Waals surface area contributed by atoms with Crippen LogP contribution in [0.4, 0.5) is 11.4 Å². The number of nitrogens with one attached hydrogen (secondary N) is 2. The molecule has 0 fully saturated rings. The molecule has 0 atom stereocenters. The number of hydrogen-bond donors (Lipinski definition) is 2. The molecule has 0 saturated heterocycles. The zero-order valence-electron chi connectivity index (χ0n) is 28.0. The number of nitrogens with zero attached hydrogens (tertiary/aromatic N) is 2. The molecule has 0 amide bonds. The van der Waals surface area contributed by atoms with E-state index in [2.05, 4.69) is 196 Å². The molecular formula is C42H42N4P2. The quantitative estimate of drug-likeness (QED) is 0.0872. The zero-order valence-corrected chi connectivity index (χ0v) is 29.7. The Bertz CT molecular complexity index is 1750. The molecule has 48 heavy (non-hydrogen) atoms. The summed E-state index contributed by atoms with van der Waals surface area (Å²) < 4.78 is 0. The molecule has 0 spiro atoms. The maximum atomic E-state index is 5.45. The number of amidine groups is 2. The molecule has 0 saturated carbocycles. The number of hydrogen-bond acceptors (Lipinski definition) is 2. The lowest BCUT2D eigenvalue weighted by Gasteiger charge is -2.24. The van der Waals surface area contributed by atoms with Crippen molar-refractivity contribution >= 4 is 70.4 Å². The summed E-state index contributed by atoms with van der Waals surface area (Å²) in [6.45, 7) is 8.71. The highest BCUT2D eigenvalue weighted by molar-refractivity contribution is 7.88. The van der Waals surface area contributed by atoms with E-state index < -0.39 is 15.8 Å². The van der Waals surface area contributed by atoms with Crippen LogP contribution >= 0.6 is 15.8 Å². The summed E-state index contributed by atoms with van der Waals surface area (Å²) in [4.78, 5) is 10.9. The predicted octanol–water partition coefficient (Wildman–Crippen LogP) is 9.08. The summed E-state index contributed by atoms with van der Waals surface area (Å²) in [5, 5.41) is 14.7. The van der Waals surface area contributed by atoms with Crippen molar-refractivity contribution in [2.75, 3.05) is 0 Å². The second kappa shape index (κ2) is 16.0. The fraction of sp³-hybridized carbons (Fsp3) is 0.143. The molecule has 0 aliphatic carbocycles. The molecule has 6 aromatic carbocycles. The van der Waals surface area contributed by atoms with Crippen molar-refractivity contribution in [2.45, 2.75) is 39.8 Å². The van der Waals surface area contributed by atoms with Gasteiger partial charge in [-0.15, -0.1) is 0 Å². The van der Waals surface area contributed by atoms with Gasteiger partial charge in [-0.3, -0.25) is 0 Å². The van der Waals surface area contributed by atoms with E-state index in [1.54, 1.807) is 0 Å². The third-order valence-electron chi connectivity index (χ3n) is 7.65. The van der Waals surface area contributed by atoms with E-state index >= 15 is 0 Å². The fourth-order valence-electron chi connectivity index (χ4n) is 5.61. The fourth-order valence-corrected chi connectivity index (χ4v) is 10.3. The van der Waals surface area contributed by atoms with Crippen LogP contribution in [0, 0.1) is 0 Å². The van der Waals surface area contributed by atoms with Gasteiger partial charge in [0.2, 0.25) is 0 Å². The summed E-state index contributed by atoms with van der Waals surface area (Å²) in [5.41, 5.74) is 3.83. The third-order valence-corrected chi connectivity index (χ3v) is 12.2. The molecule has 0 aliphatic heterocycles. The van der Waals surface area contributed by atoms with Gasteiger partial charge in [0.25, 0.3) is 0 Å². The largest absolute Gasteiger partial charge is 0.367 e. The highest BCUT2D eigenvalue weighted by Gasteiger charge is 2.23. The molecule has 2 N–H and O–H groups in total. The standard InChI is InChI=1S/C42H42N4P2/c1-31(2)43-41(47(33-19-9-5-10-20-33)34-21-11-6-12-22-34)45-39-29-17-28-38-37(39)27-18-30-40(38)46-42(44-32(3)4)48(35-23-13-7-14-24-35)36-25-15-8-16-26-36/h5-32H,1-4H3,(H,43,45)(H,44,46). The van der Waals surface area contributed by atoms with E-state index in [-0.39, 0.29) is 12.1 Å². The third kappa shape index (κ3) is 8.08. The van der Waals surface area contributed by atoms with Gasteiger partial charge < -0.3 is 10.6 Å². The van der Waals surface area contributed by atoms with Crippen LogP contribution in [0.1, 0.15) is 27.7 Å². The number of benzene rings is 6. The van der Waals surface area contributed by atoms with Crippen LogP contribution in [-0.4, -0.2) is 23.2 Å². The van der Waals surface area contributed by atoms with Gasteiger partial charge in [0, 0.05) is 38.7 Å². The molecule has 0 aliphatic rings. The van der Waals surface area contributed by atoms with Gasteiger partial charge in [0.05, 0.1) is 11.4 Å². The van der Waals surface area contributed by atoms with Gasteiger partial charge in [0.1, 0.15) is 11.2 Å². The van der Waals surface area contributed by atoms with Crippen LogP contribution in [0.25, 0.3) is 10.8 Å². The van der Waals surface area contributed by atoms with E-state index in [1.807, 2.05) is 0 Å². The first kappa shape index (κ1) is 33.3. The number of fused-ring (bicyclic) bond motifs is 1. The van der Waals surface area contributed by atoms with Gasteiger partial charge in [0.15, 0.2) is 0 Å². The molecule has 0 radical (unpaired) electrons. The Morgan fingerprint density at radius 2 is 0.688 bits per heavy atom. The van der Waals surface area contributed by atoms with Crippen LogP contribution in [0.2, 0.25) is 0 Å². The summed E-state index contributed by atoms with van der Waals surface area (Å²) in [7, 11) is -1.83. The minimum absolute atomic E-state index is 0.219. The van der Waals surface area contributed by atoms with E-state index in [9.17, 15) is 0 Å². The Morgan fingerprint density at radius 3 is 0.958 bits per heavy atom. The molecule has 0 heterocycles. The SMILES string of the molecule is CC(C)N/C(=N\c1cccc2c(/N=C(\NC(C)C)P(c3ccccc3)c3ccccc3)cccc12)P(c1ccccc1)c1ccccc1. The minimum Gasteiger partial charge on any atom is -0.367 e. The molecule has 0 unspecified atom stereocenters. The van der Waals surface area contributed by atoms with Gasteiger partial charge in [-0.05, 0) is 61.0 Å². The highest BCUT2D eigenvalue weighted by atomic mass is 31.1. The van der Waals surface area contributed by atoms with Crippen molar-refractivity contribution in [1.29, 1.82) is 0 Å². The molecule has 6 aromatic rings. The highest BCUT2D eigenvalue weighted by Crippen LogP contribution is 2.41. The summed E-state index contributed by atoms with van der Waals surface area (Å²) in [6, 6.07) is 56.2. The second-order valence-corrected chi connectivity index (χ2v) is 16.4. The van der Waals surface area contributed by atoms with Crippen LogP contribution in [0.15, 0.2) is 168 Å². The smallest absolute Gasteiger partial charge is 0.134 e. The van der Waals surface area contributed by atoms with E-state index in [0.717, 1.165) is 33.3 Å². The second-order valence-electron chi connectivity index (χ2n) is 12.1. The van der Waals surface area contributed by atoms with Crippen LogP contribution in [0.5, 0.6) is 0 Å². The molecule has 240 valence electrons. The summed E-state index contributed by atoms with van der Waals surface area (Å²) in [5.74, 6) is 0. The Labute approximate surface area is 287 Å². The lowest BCUT2D eigenvalue weighted by Crippen LogP contribution is -2.34. The van der Waals surface area contributed by atoms with Crippen LogP contribution < -0.4 is 31.9 Å². The normalized spacial score (nSPS) is 12.3. The maximum absolute atomic E-state index is 5.45. The van der Waals surface area contributed by atoms with Crippen molar-refractivity contribution in [3.63, 3.8) is 0 Å². The molecule has 4 nitrogen and oxygen atoms in total. The van der Waals surface area contributed by atoms with E-state index in [0.29, 0.717) is 0 Å².